The normalized spacial score (nSPS) is 10.4. The number of hydrogen-bond acceptors (Lipinski definition) is 5. The molecular weight excluding hydrogens is 284 g/mol. The van der Waals surface area contributed by atoms with Crippen LogP contribution in [0.1, 0.15) is 36.8 Å². The number of aromatic nitrogens is 1. The van der Waals surface area contributed by atoms with Crippen LogP contribution in [0.25, 0.3) is 0 Å². The van der Waals surface area contributed by atoms with Crippen molar-refractivity contribution in [2.45, 2.75) is 20.3 Å². The van der Waals surface area contributed by atoms with Crippen molar-refractivity contribution in [2.75, 3.05) is 5.32 Å². The highest BCUT2D eigenvalue weighted by atomic mass is 32.1. The molecule has 0 aliphatic rings. The summed E-state index contributed by atoms with van der Waals surface area (Å²) in [5, 5.41) is 12.0. The van der Waals surface area contributed by atoms with Crippen molar-refractivity contribution in [2.24, 2.45) is 0 Å². The van der Waals surface area contributed by atoms with Crippen molar-refractivity contribution in [3.8, 4) is 0 Å². The predicted octanol–water partition coefficient (Wildman–Crippen LogP) is 3.03. The van der Waals surface area contributed by atoms with Crippen LogP contribution in [0.5, 0.6) is 0 Å². The lowest BCUT2D eigenvalue weighted by atomic mass is 10.3. The molecule has 2 rings (SSSR count). The van der Waals surface area contributed by atoms with Gasteiger partial charge in [0.25, 0.3) is 5.91 Å². The minimum atomic E-state index is -1.03. The van der Waals surface area contributed by atoms with Crippen LogP contribution in [0.3, 0.4) is 0 Å². The van der Waals surface area contributed by atoms with E-state index >= 15 is 0 Å². The zero-order chi connectivity index (χ0) is 14.0. The molecule has 7 heteroatoms. The van der Waals surface area contributed by atoms with Crippen LogP contribution in [0.15, 0.2) is 12.1 Å². The molecular formula is C12H12N2O3S2. The zero-order valence-corrected chi connectivity index (χ0v) is 12.0. The van der Waals surface area contributed by atoms with Gasteiger partial charge in [-0.2, -0.15) is 0 Å². The molecule has 2 aromatic heterocycles. The third-order valence-electron chi connectivity index (χ3n) is 2.49. The second kappa shape index (κ2) is 5.50. The van der Waals surface area contributed by atoms with E-state index in [2.05, 4.69) is 10.3 Å². The fourth-order valence-corrected chi connectivity index (χ4v) is 3.18. The third kappa shape index (κ3) is 2.99. The molecule has 2 N–H and O–H groups in total. The van der Waals surface area contributed by atoms with Gasteiger partial charge in [0.05, 0.1) is 10.6 Å². The number of carboxylic acid groups (broad SMARTS) is 1. The number of carbonyl (C=O) groups is 2. The lowest BCUT2D eigenvalue weighted by Gasteiger charge is -1.97. The number of nitrogens with one attached hydrogen (secondary N) is 1. The number of carboxylic acids is 1. The molecule has 0 atom stereocenters. The van der Waals surface area contributed by atoms with Gasteiger partial charge < -0.3 is 5.11 Å². The smallest absolute Gasteiger partial charge is 0.345 e. The molecule has 0 saturated heterocycles. The molecule has 0 unspecified atom stereocenters. The van der Waals surface area contributed by atoms with Gasteiger partial charge in [0, 0.05) is 4.88 Å². The first-order valence-electron chi connectivity index (χ1n) is 5.62. The average molecular weight is 296 g/mol. The largest absolute Gasteiger partial charge is 0.477 e. The van der Waals surface area contributed by atoms with Gasteiger partial charge >= 0.3 is 5.97 Å². The number of aromatic carboxylic acids is 1. The molecule has 0 spiro atoms. The SMILES string of the molecule is CCc1nc(NC(=O)c2ccc(C(=O)O)s2)sc1C. The summed E-state index contributed by atoms with van der Waals surface area (Å²) >= 11 is 2.37. The molecule has 100 valence electrons. The topological polar surface area (TPSA) is 79.3 Å². The number of rotatable bonds is 4. The maximum absolute atomic E-state index is 11.9. The second-order valence-electron chi connectivity index (χ2n) is 3.80. The standard InChI is InChI=1S/C12H12N2O3S2/c1-3-7-6(2)18-12(13-7)14-10(15)8-4-5-9(19-8)11(16)17/h4-5H,3H2,1-2H3,(H,16,17)(H,13,14,15). The molecule has 0 fully saturated rings. The molecule has 2 aromatic rings. The summed E-state index contributed by atoms with van der Waals surface area (Å²) in [6, 6.07) is 2.93. The summed E-state index contributed by atoms with van der Waals surface area (Å²) in [4.78, 5) is 28.6. The van der Waals surface area contributed by atoms with E-state index in [1.165, 1.54) is 23.5 Å². The number of anilines is 1. The Morgan fingerprint density at radius 1 is 1.32 bits per heavy atom. The van der Waals surface area contributed by atoms with E-state index in [4.69, 9.17) is 5.11 Å². The van der Waals surface area contributed by atoms with E-state index in [0.29, 0.717) is 10.0 Å². The number of hydrogen-bond donors (Lipinski definition) is 2. The molecule has 5 nitrogen and oxygen atoms in total. The molecule has 19 heavy (non-hydrogen) atoms. The Hall–Kier alpha value is -1.73. The number of nitrogens with zero attached hydrogens (tertiary/aromatic N) is 1. The van der Waals surface area contributed by atoms with Crippen molar-refractivity contribution in [3.63, 3.8) is 0 Å². The highest BCUT2D eigenvalue weighted by molar-refractivity contribution is 7.17. The first kappa shape index (κ1) is 13.7. The first-order chi connectivity index (χ1) is 9.01. The molecule has 0 aromatic carbocycles. The van der Waals surface area contributed by atoms with E-state index in [1.807, 2.05) is 13.8 Å². The summed E-state index contributed by atoms with van der Waals surface area (Å²) in [6.45, 7) is 3.96. The van der Waals surface area contributed by atoms with Crippen LogP contribution in [-0.2, 0) is 6.42 Å². The van der Waals surface area contributed by atoms with Crippen molar-refractivity contribution in [3.05, 3.63) is 32.5 Å². The Balaban J connectivity index is 2.13. The summed E-state index contributed by atoms with van der Waals surface area (Å²) < 4.78 is 0. The predicted molar refractivity (Wildman–Crippen MR) is 75.5 cm³/mol. The molecule has 2 heterocycles. The Bertz CT molecular complexity index is 631. The lowest BCUT2D eigenvalue weighted by molar-refractivity contribution is 0.0702. The maximum Gasteiger partial charge on any atom is 0.345 e. The quantitative estimate of drug-likeness (QED) is 0.909. The first-order valence-corrected chi connectivity index (χ1v) is 7.25. The molecule has 0 radical (unpaired) electrons. The van der Waals surface area contributed by atoms with Gasteiger partial charge in [-0.3, -0.25) is 10.1 Å². The van der Waals surface area contributed by atoms with Crippen LogP contribution in [0, 0.1) is 6.92 Å². The number of amides is 1. The van der Waals surface area contributed by atoms with E-state index < -0.39 is 5.97 Å². The summed E-state index contributed by atoms with van der Waals surface area (Å²) in [7, 11) is 0. The van der Waals surface area contributed by atoms with E-state index in [1.54, 1.807) is 0 Å². The summed E-state index contributed by atoms with van der Waals surface area (Å²) in [5.41, 5.74) is 0.970. The Kier molecular flexibility index (Phi) is 3.96. The summed E-state index contributed by atoms with van der Waals surface area (Å²) in [6.07, 6.45) is 0.820. The van der Waals surface area contributed by atoms with Crippen LogP contribution < -0.4 is 5.32 Å². The monoisotopic (exact) mass is 296 g/mol. The highest BCUT2D eigenvalue weighted by Gasteiger charge is 2.15. The minimum Gasteiger partial charge on any atom is -0.477 e. The highest BCUT2D eigenvalue weighted by Crippen LogP contribution is 2.24. The van der Waals surface area contributed by atoms with Crippen LogP contribution >= 0.6 is 22.7 Å². The van der Waals surface area contributed by atoms with E-state index in [9.17, 15) is 9.59 Å². The lowest BCUT2D eigenvalue weighted by Crippen LogP contribution is -2.09. The minimum absolute atomic E-state index is 0.148. The van der Waals surface area contributed by atoms with Gasteiger partial charge in [-0.1, -0.05) is 6.92 Å². The van der Waals surface area contributed by atoms with Gasteiger partial charge in [-0.05, 0) is 25.5 Å². The van der Waals surface area contributed by atoms with Crippen molar-refractivity contribution in [1.29, 1.82) is 0 Å². The fraction of sp³-hybridized carbons (Fsp3) is 0.250. The van der Waals surface area contributed by atoms with Gasteiger partial charge in [-0.15, -0.1) is 22.7 Å². The number of thiazole rings is 1. The van der Waals surface area contributed by atoms with Crippen LogP contribution in [0.4, 0.5) is 5.13 Å². The van der Waals surface area contributed by atoms with Gasteiger partial charge in [0.2, 0.25) is 0 Å². The van der Waals surface area contributed by atoms with Crippen molar-refractivity contribution >= 4 is 39.7 Å². The Morgan fingerprint density at radius 3 is 2.53 bits per heavy atom. The molecule has 0 aliphatic carbocycles. The fourth-order valence-electron chi connectivity index (χ4n) is 1.54. The number of aryl methyl sites for hydroxylation is 2. The van der Waals surface area contributed by atoms with Crippen LogP contribution in [-0.4, -0.2) is 22.0 Å². The van der Waals surface area contributed by atoms with Crippen LogP contribution in [0.2, 0.25) is 0 Å². The van der Waals surface area contributed by atoms with E-state index in [0.717, 1.165) is 28.3 Å². The van der Waals surface area contributed by atoms with Crippen molar-refractivity contribution in [1.82, 2.24) is 4.98 Å². The Labute approximate surface area is 117 Å². The Morgan fingerprint density at radius 2 is 2.00 bits per heavy atom. The molecule has 0 aliphatic heterocycles. The van der Waals surface area contributed by atoms with Gasteiger partial charge in [0.1, 0.15) is 4.88 Å². The molecule has 0 saturated carbocycles. The third-order valence-corrected chi connectivity index (χ3v) is 4.49. The van der Waals surface area contributed by atoms with Crippen molar-refractivity contribution < 1.29 is 14.7 Å². The average Bonchev–Trinajstić information content (AvgIpc) is 2.95. The van der Waals surface area contributed by atoms with Gasteiger partial charge in [-0.25, -0.2) is 9.78 Å². The second-order valence-corrected chi connectivity index (χ2v) is 6.09. The van der Waals surface area contributed by atoms with Gasteiger partial charge in [0.15, 0.2) is 5.13 Å². The zero-order valence-electron chi connectivity index (χ0n) is 10.4. The summed E-state index contributed by atoms with van der Waals surface area (Å²) in [5.74, 6) is -1.35. The number of carbonyl (C=O) groups excluding carboxylic acids is 1. The maximum atomic E-state index is 11.9. The van der Waals surface area contributed by atoms with E-state index in [-0.39, 0.29) is 10.8 Å². The molecule has 1 amide bonds. The molecule has 0 bridgehead atoms. The number of thiophene rings is 1.